The van der Waals surface area contributed by atoms with E-state index in [-0.39, 0.29) is 48.9 Å². The molecule has 0 aliphatic heterocycles. The van der Waals surface area contributed by atoms with Crippen LogP contribution in [0.3, 0.4) is 0 Å². The average molecular weight is 378 g/mol. The third-order valence-corrected chi connectivity index (χ3v) is 4.86. The van der Waals surface area contributed by atoms with E-state index in [1.54, 1.807) is 13.0 Å². The second-order valence-electron chi connectivity index (χ2n) is 7.09. The van der Waals surface area contributed by atoms with Gasteiger partial charge in [0.15, 0.2) is 0 Å². The molecular formula is C19H26N2O6. The maximum atomic E-state index is 12.3. The van der Waals surface area contributed by atoms with Crippen LogP contribution in [-0.4, -0.2) is 46.7 Å². The van der Waals surface area contributed by atoms with Gasteiger partial charge in [0.25, 0.3) is 5.78 Å². The van der Waals surface area contributed by atoms with Crippen molar-refractivity contribution in [3.63, 3.8) is 0 Å². The van der Waals surface area contributed by atoms with Gasteiger partial charge in [-0.2, -0.15) is 4.79 Å². The van der Waals surface area contributed by atoms with Crippen LogP contribution in [0.4, 0.5) is 0 Å². The van der Waals surface area contributed by atoms with Crippen LogP contribution in [0.15, 0.2) is 12.7 Å². The van der Waals surface area contributed by atoms with Crippen LogP contribution in [0.2, 0.25) is 0 Å². The summed E-state index contributed by atoms with van der Waals surface area (Å²) in [5.74, 6) is -2.48. The first kappa shape index (κ1) is 22.4. The van der Waals surface area contributed by atoms with Crippen molar-refractivity contribution in [1.82, 2.24) is 0 Å². The second kappa shape index (κ2) is 9.37. The quantitative estimate of drug-likeness (QED) is 0.135. The minimum Gasteiger partial charge on any atom is -0.462 e. The topological polar surface area (TPSA) is 123 Å². The number of allylic oxidation sites excluding steroid dienone is 1. The number of nitrogens with zero attached hydrogens (tertiary/aromatic N) is 2. The minimum atomic E-state index is -1.04. The highest BCUT2D eigenvalue weighted by Crippen LogP contribution is 2.61. The fraction of sp³-hybridized carbons (Fsp3) is 0.632. The predicted octanol–water partition coefficient (Wildman–Crippen LogP) is 1.92. The number of hydrogen-bond donors (Lipinski definition) is 0. The lowest BCUT2D eigenvalue weighted by molar-refractivity contribution is -0.149. The fourth-order valence-corrected chi connectivity index (χ4v) is 3.44. The SMILES string of the molecule is C=C[C@H]1[C@@H]([C@H](CC(=O)CCC(=O)C(=[N+]=[N-])C(=O)OCC)OC(C)=O)C1(C)C. The first-order valence-electron chi connectivity index (χ1n) is 8.83. The van der Waals surface area contributed by atoms with Crippen LogP contribution in [0.1, 0.15) is 47.0 Å². The summed E-state index contributed by atoms with van der Waals surface area (Å²) in [5, 5.41) is 0. The molecule has 3 atom stereocenters. The van der Waals surface area contributed by atoms with Crippen LogP contribution < -0.4 is 0 Å². The summed E-state index contributed by atoms with van der Waals surface area (Å²) in [6.07, 6.45) is 0.692. The summed E-state index contributed by atoms with van der Waals surface area (Å²) in [5.41, 5.74) is 7.95. The number of hydrogen-bond acceptors (Lipinski definition) is 6. The molecule has 1 rings (SSSR count). The lowest BCUT2D eigenvalue weighted by atomic mass is 9.99. The van der Waals surface area contributed by atoms with Gasteiger partial charge in [-0.1, -0.05) is 19.9 Å². The third-order valence-electron chi connectivity index (χ3n) is 4.86. The van der Waals surface area contributed by atoms with Gasteiger partial charge in [0, 0.05) is 32.1 Å². The van der Waals surface area contributed by atoms with Gasteiger partial charge in [-0.15, -0.1) is 6.58 Å². The molecule has 0 saturated heterocycles. The number of esters is 2. The molecule has 1 aliphatic carbocycles. The van der Waals surface area contributed by atoms with Crippen molar-refractivity contribution in [3.8, 4) is 0 Å². The predicted molar refractivity (Wildman–Crippen MR) is 95.6 cm³/mol. The Morgan fingerprint density at radius 1 is 1.26 bits per heavy atom. The second-order valence-corrected chi connectivity index (χ2v) is 7.09. The zero-order valence-corrected chi connectivity index (χ0v) is 16.2. The van der Waals surface area contributed by atoms with E-state index in [1.165, 1.54) is 6.92 Å². The fourth-order valence-electron chi connectivity index (χ4n) is 3.44. The number of Topliss-reactive ketones (excluding diaryl/α,β-unsaturated/α-hetero) is 2. The first-order chi connectivity index (χ1) is 12.6. The zero-order chi connectivity index (χ0) is 20.8. The summed E-state index contributed by atoms with van der Waals surface area (Å²) in [4.78, 5) is 49.8. The van der Waals surface area contributed by atoms with Gasteiger partial charge in [0.05, 0.1) is 6.61 Å². The highest BCUT2D eigenvalue weighted by molar-refractivity contribution is 6.62. The Morgan fingerprint density at radius 3 is 2.33 bits per heavy atom. The van der Waals surface area contributed by atoms with Crippen LogP contribution >= 0.6 is 0 Å². The van der Waals surface area contributed by atoms with E-state index >= 15 is 0 Å². The van der Waals surface area contributed by atoms with Gasteiger partial charge in [0.1, 0.15) is 11.9 Å². The highest BCUT2D eigenvalue weighted by Gasteiger charge is 2.60. The molecule has 8 heteroatoms. The Labute approximate surface area is 158 Å². The van der Waals surface area contributed by atoms with Gasteiger partial charge in [0.2, 0.25) is 0 Å². The van der Waals surface area contributed by atoms with E-state index in [0.717, 1.165) is 0 Å². The van der Waals surface area contributed by atoms with E-state index in [0.29, 0.717) is 0 Å². The normalized spacial score (nSPS) is 20.6. The molecule has 1 aliphatic rings. The highest BCUT2D eigenvalue weighted by atomic mass is 16.5. The van der Waals surface area contributed by atoms with Gasteiger partial charge in [-0.3, -0.25) is 14.4 Å². The number of carbonyl (C=O) groups excluding carboxylic acids is 4. The molecule has 0 bridgehead atoms. The molecule has 148 valence electrons. The summed E-state index contributed by atoms with van der Waals surface area (Å²) >= 11 is 0. The van der Waals surface area contributed by atoms with E-state index in [1.807, 2.05) is 13.8 Å². The Hall–Kier alpha value is -2.60. The zero-order valence-electron chi connectivity index (χ0n) is 16.2. The molecule has 0 radical (unpaired) electrons. The monoisotopic (exact) mass is 378 g/mol. The van der Waals surface area contributed by atoms with Crippen molar-refractivity contribution in [2.75, 3.05) is 6.61 Å². The molecule has 8 nitrogen and oxygen atoms in total. The molecule has 0 aromatic carbocycles. The maximum Gasteiger partial charge on any atom is 0.441 e. The van der Waals surface area contributed by atoms with Gasteiger partial charge in [-0.25, -0.2) is 4.79 Å². The molecule has 0 amide bonds. The Kier molecular flexibility index (Phi) is 7.79. The Bertz CT molecular complexity index is 690. The lowest BCUT2D eigenvalue weighted by Crippen LogP contribution is -2.29. The molecule has 0 unspecified atom stereocenters. The van der Waals surface area contributed by atoms with E-state index < -0.39 is 29.5 Å². The van der Waals surface area contributed by atoms with Crippen LogP contribution in [0.5, 0.6) is 0 Å². The van der Waals surface area contributed by atoms with Gasteiger partial charge < -0.3 is 15.0 Å². The molecule has 0 spiro atoms. The molecule has 1 fully saturated rings. The number of ether oxygens (including phenoxy) is 2. The van der Waals surface area contributed by atoms with Crippen LogP contribution in [-0.2, 0) is 28.7 Å². The summed E-state index contributed by atoms with van der Waals surface area (Å²) in [6.45, 7) is 10.7. The van der Waals surface area contributed by atoms with Gasteiger partial charge in [-0.05, 0) is 18.3 Å². The Balaban J connectivity index is 2.68. The lowest BCUT2D eigenvalue weighted by Gasteiger charge is -2.18. The standard InChI is InChI=1S/C19H26N2O6/c1-6-13-16(19(13,4)5)15(27-11(3)22)10-12(23)8-9-14(24)17(21-20)18(25)26-7-2/h6,13,15-16H,1,7-10H2,2-5H3/t13-,15-,16-/m0/s1. The molecule has 0 aromatic rings. The number of carbonyl (C=O) groups is 4. The summed E-state index contributed by atoms with van der Waals surface area (Å²) in [7, 11) is 0. The van der Waals surface area contributed by atoms with E-state index in [4.69, 9.17) is 10.3 Å². The maximum absolute atomic E-state index is 12.3. The molecule has 0 aromatic heterocycles. The van der Waals surface area contributed by atoms with Crippen molar-refractivity contribution in [3.05, 3.63) is 18.2 Å². The molecule has 0 N–H and O–H groups in total. The van der Waals surface area contributed by atoms with E-state index in [2.05, 4.69) is 16.1 Å². The average Bonchev–Trinajstić information content (AvgIpc) is 3.13. The van der Waals surface area contributed by atoms with Crippen LogP contribution in [0.25, 0.3) is 5.53 Å². The van der Waals surface area contributed by atoms with Crippen molar-refractivity contribution in [1.29, 1.82) is 0 Å². The summed E-state index contributed by atoms with van der Waals surface area (Å²) in [6, 6.07) is 0. The van der Waals surface area contributed by atoms with E-state index in [9.17, 15) is 19.2 Å². The minimum absolute atomic E-state index is 0.0207. The number of ketones is 2. The molecule has 27 heavy (non-hydrogen) atoms. The molecular weight excluding hydrogens is 352 g/mol. The number of rotatable bonds is 11. The molecule has 1 saturated carbocycles. The molecule has 0 heterocycles. The first-order valence-corrected chi connectivity index (χ1v) is 8.83. The Morgan fingerprint density at radius 2 is 1.89 bits per heavy atom. The van der Waals surface area contributed by atoms with Crippen molar-refractivity contribution in [2.24, 2.45) is 17.3 Å². The van der Waals surface area contributed by atoms with Crippen molar-refractivity contribution < 1.29 is 33.4 Å². The smallest absolute Gasteiger partial charge is 0.441 e. The van der Waals surface area contributed by atoms with Gasteiger partial charge >= 0.3 is 17.7 Å². The largest absolute Gasteiger partial charge is 0.462 e. The van der Waals surface area contributed by atoms with Crippen molar-refractivity contribution >= 4 is 29.2 Å². The van der Waals surface area contributed by atoms with Crippen LogP contribution in [0, 0.1) is 17.3 Å². The summed E-state index contributed by atoms with van der Waals surface area (Å²) < 4.78 is 9.94. The van der Waals surface area contributed by atoms with Crippen molar-refractivity contribution in [2.45, 2.75) is 53.1 Å². The third kappa shape index (κ3) is 5.69.